The molecule has 2 rings (SSSR count). The number of hydrogen-bond donors (Lipinski definition) is 3. The quantitative estimate of drug-likeness (QED) is 0.753. The summed E-state index contributed by atoms with van der Waals surface area (Å²) in [6.07, 6.45) is 0. The van der Waals surface area contributed by atoms with Gasteiger partial charge in [-0.1, -0.05) is 12.1 Å². The van der Waals surface area contributed by atoms with Crippen LogP contribution in [0.3, 0.4) is 0 Å². The van der Waals surface area contributed by atoms with Gasteiger partial charge in [0.1, 0.15) is 5.25 Å². The van der Waals surface area contributed by atoms with E-state index in [1.165, 1.54) is 18.9 Å². The molecular weight excluding hydrogens is 242 g/mol. The molecule has 92 valence electrons. The number of rotatable bonds is 3. The summed E-state index contributed by atoms with van der Waals surface area (Å²) >= 11 is 1.28. The number of aromatic hydroxyl groups is 1. The highest BCUT2D eigenvalue weighted by molar-refractivity contribution is 8.01. The summed E-state index contributed by atoms with van der Waals surface area (Å²) in [6.45, 7) is 0.390. The molecule has 1 fully saturated rings. The maximum absolute atomic E-state index is 10.8. The molecule has 0 radical (unpaired) electrons. The lowest BCUT2D eigenvalue weighted by Crippen LogP contribution is -2.21. The van der Waals surface area contributed by atoms with Gasteiger partial charge in [-0.25, -0.2) is 0 Å². The maximum Gasteiger partial charge on any atom is 0.318 e. The van der Waals surface area contributed by atoms with Crippen molar-refractivity contribution in [3.8, 4) is 11.5 Å². The molecule has 0 aliphatic carbocycles. The predicted molar refractivity (Wildman–Crippen MR) is 64.4 cm³/mol. The molecule has 1 aliphatic rings. The molecule has 0 bridgehead atoms. The summed E-state index contributed by atoms with van der Waals surface area (Å²) in [5.41, 5.74) is 0.651. The molecule has 1 aromatic carbocycles. The van der Waals surface area contributed by atoms with E-state index in [-0.39, 0.29) is 11.1 Å². The topological polar surface area (TPSA) is 78.8 Å². The smallest absolute Gasteiger partial charge is 0.318 e. The van der Waals surface area contributed by atoms with E-state index in [0.29, 0.717) is 17.9 Å². The van der Waals surface area contributed by atoms with Gasteiger partial charge < -0.3 is 14.9 Å². The molecule has 1 aromatic rings. The third kappa shape index (κ3) is 2.32. The highest BCUT2D eigenvalue weighted by Gasteiger charge is 2.32. The Labute approximate surface area is 103 Å². The number of nitrogens with one attached hydrogen (secondary N) is 1. The van der Waals surface area contributed by atoms with Crippen molar-refractivity contribution in [1.29, 1.82) is 0 Å². The SMILES string of the molecule is COc1cccc(C2NCC(C(=O)O)S2)c1O. The van der Waals surface area contributed by atoms with Gasteiger partial charge in [-0.15, -0.1) is 11.8 Å². The molecule has 17 heavy (non-hydrogen) atoms. The Morgan fingerprint density at radius 1 is 1.59 bits per heavy atom. The summed E-state index contributed by atoms with van der Waals surface area (Å²) in [4.78, 5) is 10.8. The zero-order valence-electron chi connectivity index (χ0n) is 9.21. The van der Waals surface area contributed by atoms with Gasteiger partial charge >= 0.3 is 5.97 Å². The van der Waals surface area contributed by atoms with Crippen LogP contribution in [0.1, 0.15) is 10.9 Å². The van der Waals surface area contributed by atoms with E-state index in [4.69, 9.17) is 9.84 Å². The predicted octanol–water partition coefficient (Wildman–Crippen LogP) is 1.19. The normalized spacial score (nSPS) is 23.6. The van der Waals surface area contributed by atoms with Crippen molar-refractivity contribution in [2.24, 2.45) is 0 Å². The van der Waals surface area contributed by atoms with Crippen molar-refractivity contribution < 1.29 is 19.7 Å². The lowest BCUT2D eigenvalue weighted by molar-refractivity contribution is -0.136. The number of ether oxygens (including phenoxy) is 1. The second-order valence-electron chi connectivity index (χ2n) is 3.65. The summed E-state index contributed by atoms with van der Waals surface area (Å²) < 4.78 is 5.02. The highest BCUT2D eigenvalue weighted by atomic mass is 32.2. The Balaban J connectivity index is 2.22. The molecular formula is C11H13NO4S. The first kappa shape index (κ1) is 12.1. The minimum atomic E-state index is -0.840. The average Bonchev–Trinajstić information content (AvgIpc) is 2.78. The van der Waals surface area contributed by atoms with Gasteiger partial charge in [-0.2, -0.15) is 0 Å². The van der Waals surface area contributed by atoms with Gasteiger partial charge in [0.2, 0.25) is 0 Å². The number of hydrogen-bond acceptors (Lipinski definition) is 5. The number of methoxy groups -OCH3 is 1. The number of benzene rings is 1. The molecule has 0 aromatic heterocycles. The van der Waals surface area contributed by atoms with E-state index in [0.717, 1.165) is 0 Å². The van der Waals surface area contributed by atoms with Crippen molar-refractivity contribution in [3.05, 3.63) is 23.8 Å². The third-order valence-electron chi connectivity index (χ3n) is 2.60. The summed E-state index contributed by atoms with van der Waals surface area (Å²) in [7, 11) is 1.48. The fourth-order valence-electron chi connectivity index (χ4n) is 1.72. The Bertz CT molecular complexity index is 437. The van der Waals surface area contributed by atoms with Crippen LogP contribution in [0.2, 0.25) is 0 Å². The van der Waals surface area contributed by atoms with E-state index < -0.39 is 11.2 Å². The minimum Gasteiger partial charge on any atom is -0.504 e. The Hall–Kier alpha value is -1.40. The summed E-state index contributed by atoms with van der Waals surface area (Å²) in [5.74, 6) is -0.387. The number of phenolic OH excluding ortho intramolecular Hbond substituents is 1. The standard InChI is InChI=1S/C11H13NO4S/c1-16-7-4-2-3-6(9(7)13)10-12-5-8(17-10)11(14)15/h2-4,8,10,12-13H,5H2,1H3,(H,14,15). The van der Waals surface area contributed by atoms with Crippen LogP contribution in [0.15, 0.2) is 18.2 Å². The highest BCUT2D eigenvalue weighted by Crippen LogP contribution is 2.42. The number of phenols is 1. The van der Waals surface area contributed by atoms with Crippen LogP contribution >= 0.6 is 11.8 Å². The molecule has 2 atom stereocenters. The van der Waals surface area contributed by atoms with Crippen LogP contribution < -0.4 is 10.1 Å². The fourth-order valence-corrected chi connectivity index (χ4v) is 2.89. The molecule has 1 saturated heterocycles. The van der Waals surface area contributed by atoms with Crippen molar-refractivity contribution in [2.75, 3.05) is 13.7 Å². The number of carbonyl (C=O) groups is 1. The van der Waals surface area contributed by atoms with E-state index in [1.807, 2.05) is 0 Å². The van der Waals surface area contributed by atoms with Crippen LogP contribution in [-0.4, -0.2) is 35.1 Å². The first-order valence-corrected chi connectivity index (χ1v) is 6.05. The summed E-state index contributed by atoms with van der Waals surface area (Å²) in [5, 5.41) is 21.2. The fraction of sp³-hybridized carbons (Fsp3) is 0.364. The number of thioether (sulfide) groups is 1. The molecule has 0 amide bonds. The first-order valence-electron chi connectivity index (χ1n) is 5.11. The van der Waals surface area contributed by atoms with Crippen LogP contribution in [0.25, 0.3) is 0 Å². The average molecular weight is 255 g/mol. The van der Waals surface area contributed by atoms with Crippen LogP contribution in [0.4, 0.5) is 0 Å². The van der Waals surface area contributed by atoms with Crippen molar-refractivity contribution in [1.82, 2.24) is 5.32 Å². The number of para-hydroxylation sites is 1. The monoisotopic (exact) mass is 255 g/mol. The molecule has 6 heteroatoms. The van der Waals surface area contributed by atoms with E-state index in [1.54, 1.807) is 18.2 Å². The summed E-state index contributed by atoms with van der Waals surface area (Å²) in [6, 6.07) is 5.18. The van der Waals surface area contributed by atoms with Crippen LogP contribution in [0, 0.1) is 0 Å². The Morgan fingerprint density at radius 2 is 2.35 bits per heavy atom. The van der Waals surface area contributed by atoms with Crippen molar-refractivity contribution >= 4 is 17.7 Å². The van der Waals surface area contributed by atoms with Gasteiger partial charge in [0.05, 0.1) is 12.5 Å². The van der Waals surface area contributed by atoms with Gasteiger partial charge in [-0.05, 0) is 6.07 Å². The second kappa shape index (κ2) is 4.85. The third-order valence-corrected chi connectivity index (χ3v) is 3.99. The zero-order valence-corrected chi connectivity index (χ0v) is 10.0. The number of carboxylic acid groups (broad SMARTS) is 1. The van der Waals surface area contributed by atoms with Crippen LogP contribution in [-0.2, 0) is 4.79 Å². The molecule has 0 spiro atoms. The lowest BCUT2D eigenvalue weighted by Gasteiger charge is -2.14. The van der Waals surface area contributed by atoms with Gasteiger partial charge in [0.25, 0.3) is 0 Å². The molecule has 1 heterocycles. The number of aliphatic carboxylic acids is 1. The van der Waals surface area contributed by atoms with Gasteiger partial charge in [0, 0.05) is 12.1 Å². The lowest BCUT2D eigenvalue weighted by atomic mass is 10.2. The molecule has 1 aliphatic heterocycles. The molecule has 2 unspecified atom stereocenters. The van der Waals surface area contributed by atoms with Crippen LogP contribution in [0.5, 0.6) is 11.5 Å². The van der Waals surface area contributed by atoms with E-state index in [9.17, 15) is 9.90 Å². The van der Waals surface area contributed by atoms with E-state index in [2.05, 4.69) is 5.32 Å². The first-order chi connectivity index (χ1) is 8.13. The minimum absolute atomic E-state index is 0.0611. The Morgan fingerprint density at radius 3 is 2.94 bits per heavy atom. The molecule has 3 N–H and O–H groups in total. The maximum atomic E-state index is 10.8. The van der Waals surface area contributed by atoms with Crippen molar-refractivity contribution in [2.45, 2.75) is 10.6 Å². The Kier molecular flexibility index (Phi) is 3.44. The molecule has 0 saturated carbocycles. The van der Waals surface area contributed by atoms with Crippen molar-refractivity contribution in [3.63, 3.8) is 0 Å². The zero-order chi connectivity index (χ0) is 12.4. The van der Waals surface area contributed by atoms with Gasteiger partial charge in [-0.3, -0.25) is 10.1 Å². The molecule has 5 nitrogen and oxygen atoms in total. The van der Waals surface area contributed by atoms with E-state index >= 15 is 0 Å². The largest absolute Gasteiger partial charge is 0.504 e. The van der Waals surface area contributed by atoms with Gasteiger partial charge in [0.15, 0.2) is 11.5 Å². The number of carboxylic acids is 1. The second-order valence-corrected chi connectivity index (χ2v) is 4.96.